The van der Waals surface area contributed by atoms with E-state index in [9.17, 15) is 4.79 Å². The number of nitrogens with one attached hydrogen (secondary N) is 1. The molecule has 0 bridgehead atoms. The van der Waals surface area contributed by atoms with Gasteiger partial charge in [-0.2, -0.15) is 0 Å². The Morgan fingerprint density at radius 3 is 2.60 bits per heavy atom. The van der Waals surface area contributed by atoms with Crippen LogP contribution < -0.4 is 15.8 Å². The van der Waals surface area contributed by atoms with Gasteiger partial charge in [-0.15, -0.1) is 0 Å². The molecule has 0 heterocycles. The average molecular weight is 403 g/mol. The normalized spacial score (nSPS) is 13.6. The highest BCUT2D eigenvalue weighted by atomic mass is 16.5. The number of carbonyl (C=O) groups is 1. The molecule has 30 heavy (non-hydrogen) atoms. The fourth-order valence-corrected chi connectivity index (χ4v) is 3.47. The van der Waals surface area contributed by atoms with Crippen LogP contribution in [0.4, 0.5) is 0 Å². The lowest BCUT2D eigenvalue weighted by molar-refractivity contribution is -0.117. The van der Waals surface area contributed by atoms with Gasteiger partial charge in [-0.1, -0.05) is 35.9 Å². The van der Waals surface area contributed by atoms with Crippen molar-refractivity contribution in [1.29, 1.82) is 0 Å². The van der Waals surface area contributed by atoms with Gasteiger partial charge in [0.1, 0.15) is 11.5 Å². The summed E-state index contributed by atoms with van der Waals surface area (Å²) in [4.78, 5) is 12.6. The van der Waals surface area contributed by atoms with Crippen molar-refractivity contribution in [2.24, 2.45) is 5.73 Å². The van der Waals surface area contributed by atoms with E-state index in [1.807, 2.05) is 56.3 Å². The van der Waals surface area contributed by atoms with Crippen LogP contribution in [-0.2, 0) is 24.2 Å². The van der Waals surface area contributed by atoms with Gasteiger partial charge in [0.15, 0.2) is 0 Å². The summed E-state index contributed by atoms with van der Waals surface area (Å²) in [6.07, 6.45) is 9.02. The molecule has 0 unspecified atom stereocenters. The Morgan fingerprint density at radius 2 is 1.83 bits per heavy atom. The van der Waals surface area contributed by atoms with Gasteiger partial charge in [0, 0.05) is 12.2 Å². The summed E-state index contributed by atoms with van der Waals surface area (Å²) in [7, 11) is 0. The first kappa shape index (κ1) is 21.4. The summed E-state index contributed by atoms with van der Waals surface area (Å²) in [6, 6.07) is 14.1. The van der Waals surface area contributed by atoms with Gasteiger partial charge in [-0.25, -0.2) is 0 Å². The molecule has 0 atom stereocenters. The van der Waals surface area contributed by atoms with Crippen molar-refractivity contribution < 1.29 is 9.53 Å². The number of carbonyl (C=O) groups excluding carboxylic acids is 1. The number of hydrogen-bond donors (Lipinski definition) is 2. The van der Waals surface area contributed by atoms with Crippen molar-refractivity contribution in [1.82, 2.24) is 5.32 Å². The number of fused-ring (bicyclic) bond motifs is 1. The van der Waals surface area contributed by atoms with E-state index in [1.54, 1.807) is 13.0 Å². The molecule has 3 N–H and O–H groups in total. The maximum Gasteiger partial charge on any atom is 0.253 e. The fourth-order valence-electron chi connectivity index (χ4n) is 3.47. The number of benzene rings is 2. The molecule has 3 rings (SSSR count). The highest BCUT2D eigenvalue weighted by Crippen LogP contribution is 2.29. The van der Waals surface area contributed by atoms with Crippen molar-refractivity contribution in [3.63, 3.8) is 0 Å². The van der Waals surface area contributed by atoms with E-state index < -0.39 is 0 Å². The average Bonchev–Trinajstić information content (AvgIpc) is 3.17. The second-order valence-corrected chi connectivity index (χ2v) is 7.92. The van der Waals surface area contributed by atoms with Gasteiger partial charge in [-0.3, -0.25) is 4.79 Å². The van der Waals surface area contributed by atoms with Crippen LogP contribution in [0, 0.1) is 0 Å². The van der Waals surface area contributed by atoms with Crippen LogP contribution in [0.15, 0.2) is 77.5 Å². The predicted octanol–water partition coefficient (Wildman–Crippen LogP) is 5.34. The molecule has 0 saturated carbocycles. The van der Waals surface area contributed by atoms with E-state index in [0.717, 1.165) is 35.5 Å². The molecule has 0 aromatic heterocycles. The number of allylic oxidation sites excluding steroid dienone is 4. The van der Waals surface area contributed by atoms with Gasteiger partial charge in [0.25, 0.3) is 5.91 Å². The second kappa shape index (κ2) is 9.97. The molecule has 1 aliphatic rings. The molecular weight excluding hydrogens is 372 g/mol. The topological polar surface area (TPSA) is 64.3 Å². The summed E-state index contributed by atoms with van der Waals surface area (Å²) in [5, 5.41) is 2.94. The Morgan fingerprint density at radius 1 is 1.07 bits per heavy atom. The number of rotatable bonds is 7. The van der Waals surface area contributed by atoms with E-state index in [2.05, 4.69) is 17.4 Å². The van der Waals surface area contributed by atoms with Crippen LogP contribution in [0.1, 0.15) is 43.9 Å². The van der Waals surface area contributed by atoms with Gasteiger partial charge in [-0.05, 0) is 87.1 Å². The standard InChI is InChI=1S/C26H30N2O2/c1-18(2)7-4-12-25(19(3)27)26(29)28-17-20-8-5-11-23(15-20)30-24-14-13-21-9-6-10-22(21)16-24/h4-5,7-8,11-16H,6,9-10,17,27H2,1-3H3,(H,28,29)/b12-4-,25-19-. The highest BCUT2D eigenvalue weighted by molar-refractivity contribution is 5.96. The molecule has 0 saturated heterocycles. The lowest BCUT2D eigenvalue weighted by atomic mass is 10.1. The van der Waals surface area contributed by atoms with Gasteiger partial charge >= 0.3 is 0 Å². The van der Waals surface area contributed by atoms with Crippen LogP contribution in [0.2, 0.25) is 0 Å². The van der Waals surface area contributed by atoms with Gasteiger partial charge in [0.2, 0.25) is 0 Å². The first-order valence-electron chi connectivity index (χ1n) is 10.4. The molecule has 1 aliphatic carbocycles. The molecule has 2 aromatic carbocycles. The third kappa shape index (κ3) is 5.86. The van der Waals surface area contributed by atoms with E-state index in [1.165, 1.54) is 17.5 Å². The summed E-state index contributed by atoms with van der Waals surface area (Å²) >= 11 is 0. The first-order valence-corrected chi connectivity index (χ1v) is 10.4. The molecule has 1 amide bonds. The second-order valence-electron chi connectivity index (χ2n) is 7.92. The fraction of sp³-hybridized carbons (Fsp3) is 0.269. The van der Waals surface area contributed by atoms with E-state index >= 15 is 0 Å². The zero-order valence-electron chi connectivity index (χ0n) is 18.0. The molecule has 0 aliphatic heterocycles. The van der Waals surface area contributed by atoms with Gasteiger partial charge in [0.05, 0.1) is 5.57 Å². The zero-order valence-corrected chi connectivity index (χ0v) is 18.0. The third-order valence-electron chi connectivity index (χ3n) is 5.02. The Labute approximate surface area is 179 Å². The Kier molecular flexibility index (Phi) is 7.12. The minimum absolute atomic E-state index is 0.196. The maximum absolute atomic E-state index is 12.6. The maximum atomic E-state index is 12.6. The van der Waals surface area contributed by atoms with Gasteiger partial charge < -0.3 is 15.8 Å². The molecule has 156 valence electrons. The Hall–Kier alpha value is -3.27. The lowest BCUT2D eigenvalue weighted by Crippen LogP contribution is -2.25. The van der Waals surface area contributed by atoms with Crippen LogP contribution in [0.25, 0.3) is 0 Å². The third-order valence-corrected chi connectivity index (χ3v) is 5.02. The zero-order chi connectivity index (χ0) is 21.5. The SMILES string of the molecule is CC(C)=C/C=C\C(C(=O)NCc1cccc(Oc2ccc3c(c2)CCC3)c1)=C(/C)N. The smallest absolute Gasteiger partial charge is 0.253 e. The summed E-state index contributed by atoms with van der Waals surface area (Å²) in [5.74, 6) is 1.41. The summed E-state index contributed by atoms with van der Waals surface area (Å²) in [5.41, 5.74) is 11.8. The van der Waals surface area contributed by atoms with Crippen molar-refractivity contribution in [2.45, 2.75) is 46.6 Å². The number of ether oxygens (including phenoxy) is 1. The largest absolute Gasteiger partial charge is 0.457 e. The lowest BCUT2D eigenvalue weighted by Gasteiger charge is -2.11. The van der Waals surface area contributed by atoms with Crippen LogP contribution in [0.3, 0.4) is 0 Å². The quantitative estimate of drug-likeness (QED) is 0.485. The molecular formula is C26H30N2O2. The first-order chi connectivity index (χ1) is 14.4. The van der Waals surface area contributed by atoms with Crippen LogP contribution in [0.5, 0.6) is 11.5 Å². The summed E-state index contributed by atoms with van der Waals surface area (Å²) < 4.78 is 6.05. The monoisotopic (exact) mass is 402 g/mol. The Bertz CT molecular complexity index is 1010. The molecule has 4 heteroatoms. The highest BCUT2D eigenvalue weighted by Gasteiger charge is 2.12. The number of aryl methyl sites for hydroxylation is 2. The predicted molar refractivity (Wildman–Crippen MR) is 122 cm³/mol. The van der Waals surface area contributed by atoms with Crippen molar-refractivity contribution in [3.8, 4) is 11.5 Å². The van der Waals surface area contributed by atoms with Crippen molar-refractivity contribution in [2.75, 3.05) is 0 Å². The van der Waals surface area contributed by atoms with Crippen LogP contribution in [-0.4, -0.2) is 5.91 Å². The van der Waals surface area contributed by atoms with Crippen molar-refractivity contribution >= 4 is 5.91 Å². The van der Waals surface area contributed by atoms with Crippen molar-refractivity contribution in [3.05, 3.63) is 94.2 Å². The Balaban J connectivity index is 1.63. The van der Waals surface area contributed by atoms with E-state index in [0.29, 0.717) is 17.8 Å². The summed E-state index contributed by atoms with van der Waals surface area (Å²) in [6.45, 7) is 6.13. The number of nitrogens with two attached hydrogens (primary N) is 1. The molecule has 2 aromatic rings. The molecule has 0 spiro atoms. The minimum atomic E-state index is -0.196. The minimum Gasteiger partial charge on any atom is -0.457 e. The van der Waals surface area contributed by atoms with Crippen LogP contribution >= 0.6 is 0 Å². The molecule has 0 fully saturated rings. The van der Waals surface area contributed by atoms with E-state index in [-0.39, 0.29) is 5.91 Å². The molecule has 4 nitrogen and oxygen atoms in total. The van der Waals surface area contributed by atoms with E-state index in [4.69, 9.17) is 10.5 Å². The molecule has 0 radical (unpaired) electrons. The number of amides is 1. The number of hydrogen-bond acceptors (Lipinski definition) is 3.